The Hall–Kier alpha value is -0.630. The maximum atomic E-state index is 12.2. The molecule has 0 radical (unpaired) electrons. The van der Waals surface area contributed by atoms with Gasteiger partial charge in [0.1, 0.15) is 5.78 Å². The average Bonchev–Trinajstić information content (AvgIpc) is 3.03. The summed E-state index contributed by atoms with van der Waals surface area (Å²) in [5.41, 5.74) is 2.65. The van der Waals surface area contributed by atoms with Crippen molar-refractivity contribution in [1.29, 1.82) is 0 Å². The maximum absolute atomic E-state index is 12.2. The molecule has 0 spiro atoms. The van der Waals surface area contributed by atoms with Crippen molar-refractivity contribution in [1.82, 2.24) is 0 Å². The van der Waals surface area contributed by atoms with Gasteiger partial charge in [0.05, 0.1) is 6.10 Å². The van der Waals surface area contributed by atoms with Crippen LogP contribution in [0.1, 0.15) is 98.8 Å². The van der Waals surface area contributed by atoms with E-state index in [1.54, 1.807) is 0 Å². The van der Waals surface area contributed by atoms with Gasteiger partial charge in [-0.25, -0.2) is 0 Å². The second kappa shape index (κ2) is 7.81. The molecule has 8 unspecified atom stereocenters. The van der Waals surface area contributed by atoms with Gasteiger partial charge in [-0.3, -0.25) is 4.79 Å². The van der Waals surface area contributed by atoms with E-state index in [-0.39, 0.29) is 12.0 Å². The van der Waals surface area contributed by atoms with Crippen LogP contribution in [0.25, 0.3) is 0 Å². The fourth-order valence-corrected chi connectivity index (χ4v) is 8.33. The molecule has 0 saturated heterocycles. The predicted octanol–water partition coefficient (Wildman–Crippen LogP) is 6.57. The number of fused-ring (bicyclic) bond motifs is 5. The van der Waals surface area contributed by atoms with Gasteiger partial charge in [0.15, 0.2) is 0 Å². The predicted molar refractivity (Wildman–Crippen MR) is 119 cm³/mol. The van der Waals surface area contributed by atoms with Gasteiger partial charge in [0.25, 0.3) is 0 Å². The number of hydrogen-bond donors (Lipinski definition) is 1. The molecule has 0 aromatic heterocycles. The van der Waals surface area contributed by atoms with E-state index in [4.69, 9.17) is 0 Å². The van der Waals surface area contributed by atoms with Gasteiger partial charge in [0, 0.05) is 12.3 Å². The number of aliphatic hydroxyl groups is 1. The molecule has 0 aliphatic heterocycles. The summed E-state index contributed by atoms with van der Waals surface area (Å²) in [4.78, 5) is 12.2. The minimum absolute atomic E-state index is 0.0675. The first-order chi connectivity index (χ1) is 13.7. The van der Waals surface area contributed by atoms with E-state index < -0.39 is 0 Å². The standard InChI is InChI=1S/C27H44O2/c1-17(2)25(29)11-6-18(3)22-9-10-23-21-8-7-19-16-20(28)12-14-26(19,4)24(21)13-15-27(22,23)5/h8,17-20,22-24,28H,6-7,9-16H2,1-5H3. The molecule has 0 aromatic carbocycles. The lowest BCUT2D eigenvalue weighted by Crippen LogP contribution is -2.49. The van der Waals surface area contributed by atoms with Crippen LogP contribution in [0.15, 0.2) is 11.6 Å². The maximum Gasteiger partial charge on any atom is 0.135 e. The van der Waals surface area contributed by atoms with Gasteiger partial charge in [0.2, 0.25) is 0 Å². The van der Waals surface area contributed by atoms with Crippen molar-refractivity contribution in [3.8, 4) is 0 Å². The van der Waals surface area contributed by atoms with Crippen molar-refractivity contribution in [3.63, 3.8) is 0 Å². The van der Waals surface area contributed by atoms with E-state index >= 15 is 0 Å². The summed E-state index contributed by atoms with van der Waals surface area (Å²) in [7, 11) is 0. The van der Waals surface area contributed by atoms with E-state index in [1.165, 1.54) is 38.5 Å². The first kappa shape index (κ1) is 21.6. The van der Waals surface area contributed by atoms with Gasteiger partial charge in [-0.2, -0.15) is 0 Å². The van der Waals surface area contributed by atoms with Crippen LogP contribution >= 0.6 is 0 Å². The summed E-state index contributed by atoms with van der Waals surface area (Å²) in [5, 5.41) is 10.2. The van der Waals surface area contributed by atoms with Crippen LogP contribution in [0.3, 0.4) is 0 Å². The summed E-state index contributed by atoms with van der Waals surface area (Å²) in [6.45, 7) is 11.6. The van der Waals surface area contributed by atoms with Gasteiger partial charge in [-0.05, 0) is 98.2 Å². The highest BCUT2D eigenvalue weighted by Gasteiger charge is 2.58. The Labute approximate surface area is 178 Å². The van der Waals surface area contributed by atoms with Crippen molar-refractivity contribution in [2.24, 2.45) is 46.3 Å². The quantitative estimate of drug-likeness (QED) is 0.530. The van der Waals surface area contributed by atoms with Crippen LogP contribution in [-0.4, -0.2) is 17.0 Å². The minimum atomic E-state index is -0.0675. The number of aliphatic hydroxyl groups excluding tert-OH is 1. The molecule has 164 valence electrons. The van der Waals surface area contributed by atoms with Crippen LogP contribution in [0, 0.1) is 46.3 Å². The molecule has 2 heteroatoms. The zero-order valence-electron chi connectivity index (χ0n) is 19.5. The lowest BCUT2D eigenvalue weighted by molar-refractivity contribution is -0.122. The van der Waals surface area contributed by atoms with Crippen LogP contribution in [0.4, 0.5) is 0 Å². The smallest absolute Gasteiger partial charge is 0.135 e. The minimum Gasteiger partial charge on any atom is -0.393 e. The van der Waals surface area contributed by atoms with Crippen molar-refractivity contribution in [2.45, 2.75) is 105 Å². The summed E-state index contributed by atoms with van der Waals surface area (Å²) < 4.78 is 0. The Balaban J connectivity index is 1.50. The lowest BCUT2D eigenvalue weighted by atomic mass is 9.47. The third-order valence-corrected chi connectivity index (χ3v) is 10.3. The van der Waals surface area contributed by atoms with E-state index in [1.807, 2.05) is 19.4 Å². The van der Waals surface area contributed by atoms with E-state index in [9.17, 15) is 9.90 Å². The molecule has 2 nitrogen and oxygen atoms in total. The summed E-state index contributed by atoms with van der Waals surface area (Å²) >= 11 is 0. The molecular weight excluding hydrogens is 356 g/mol. The average molecular weight is 401 g/mol. The second-order valence-electron chi connectivity index (χ2n) is 12.0. The highest BCUT2D eigenvalue weighted by atomic mass is 16.3. The number of ketones is 1. The first-order valence-corrected chi connectivity index (χ1v) is 12.6. The molecule has 0 amide bonds. The summed E-state index contributed by atoms with van der Waals surface area (Å²) in [5.74, 6) is 4.24. The monoisotopic (exact) mass is 400 g/mol. The van der Waals surface area contributed by atoms with Gasteiger partial charge >= 0.3 is 0 Å². The molecule has 4 aliphatic rings. The Morgan fingerprint density at radius 2 is 1.76 bits per heavy atom. The number of carbonyl (C=O) groups excluding carboxylic acids is 1. The van der Waals surface area contributed by atoms with Crippen LogP contribution in [-0.2, 0) is 4.79 Å². The van der Waals surface area contributed by atoms with Crippen LogP contribution < -0.4 is 0 Å². The molecule has 8 atom stereocenters. The number of carbonyl (C=O) groups is 1. The molecule has 1 N–H and O–H groups in total. The zero-order valence-corrected chi connectivity index (χ0v) is 19.5. The van der Waals surface area contributed by atoms with Gasteiger partial charge in [-0.1, -0.05) is 46.3 Å². The Bertz CT molecular complexity index is 663. The Morgan fingerprint density at radius 3 is 2.48 bits per heavy atom. The van der Waals surface area contributed by atoms with Gasteiger partial charge < -0.3 is 5.11 Å². The lowest BCUT2D eigenvalue weighted by Gasteiger charge is -2.57. The SMILES string of the molecule is CC(C)C(=O)CCC(C)C1CCC2C3=CCC4CC(O)CCC4(C)C3CCC21C. The summed E-state index contributed by atoms with van der Waals surface area (Å²) in [6, 6.07) is 0. The largest absolute Gasteiger partial charge is 0.393 e. The molecule has 4 rings (SSSR count). The molecule has 0 heterocycles. The van der Waals surface area contributed by atoms with Crippen molar-refractivity contribution in [3.05, 3.63) is 11.6 Å². The molecule has 0 aromatic rings. The number of allylic oxidation sites excluding steroid dienone is 2. The third kappa shape index (κ3) is 3.56. The third-order valence-electron chi connectivity index (χ3n) is 10.3. The number of hydrogen-bond acceptors (Lipinski definition) is 2. The van der Waals surface area contributed by atoms with Crippen LogP contribution in [0.2, 0.25) is 0 Å². The Kier molecular flexibility index (Phi) is 5.82. The van der Waals surface area contributed by atoms with Crippen LogP contribution in [0.5, 0.6) is 0 Å². The molecule has 4 aliphatic carbocycles. The first-order valence-electron chi connectivity index (χ1n) is 12.6. The highest BCUT2D eigenvalue weighted by Crippen LogP contribution is 2.66. The number of Topliss-reactive ketones (excluding diaryl/α,β-unsaturated/α-hetero) is 1. The second-order valence-corrected chi connectivity index (χ2v) is 12.0. The molecule has 3 fully saturated rings. The van der Waals surface area contributed by atoms with Crippen molar-refractivity contribution < 1.29 is 9.90 Å². The fraction of sp³-hybridized carbons (Fsp3) is 0.889. The van der Waals surface area contributed by atoms with Crippen molar-refractivity contribution >= 4 is 5.78 Å². The number of rotatable bonds is 5. The Morgan fingerprint density at radius 1 is 1.07 bits per heavy atom. The topological polar surface area (TPSA) is 37.3 Å². The normalized spacial score (nSPS) is 45.2. The summed E-state index contributed by atoms with van der Waals surface area (Å²) in [6.07, 6.45) is 14.2. The van der Waals surface area contributed by atoms with Crippen molar-refractivity contribution in [2.75, 3.05) is 0 Å². The van der Waals surface area contributed by atoms with E-state index in [2.05, 4.69) is 26.8 Å². The molecular formula is C27H44O2. The molecule has 3 saturated carbocycles. The molecule has 0 bridgehead atoms. The fourth-order valence-electron chi connectivity index (χ4n) is 8.33. The highest BCUT2D eigenvalue weighted by molar-refractivity contribution is 5.80. The van der Waals surface area contributed by atoms with Gasteiger partial charge in [-0.15, -0.1) is 0 Å². The van der Waals surface area contributed by atoms with E-state index in [0.29, 0.717) is 28.4 Å². The van der Waals surface area contributed by atoms with E-state index in [0.717, 1.165) is 43.4 Å². The zero-order chi connectivity index (χ0) is 21.0. The molecule has 29 heavy (non-hydrogen) atoms.